The smallest absolute Gasteiger partial charge is 0.246 e. The van der Waals surface area contributed by atoms with Crippen LogP contribution in [0, 0.1) is 5.82 Å². The molecule has 3 nitrogen and oxygen atoms in total. The van der Waals surface area contributed by atoms with Crippen molar-refractivity contribution in [2.24, 2.45) is 0 Å². The monoisotopic (exact) mass is 180 g/mol. The zero-order chi connectivity index (χ0) is 9.42. The largest absolute Gasteiger partial charge is 0.374 e. The number of carbonyl (C=O) groups is 1. The highest BCUT2D eigenvalue weighted by atomic mass is 19.1. The van der Waals surface area contributed by atoms with Gasteiger partial charge in [0.25, 0.3) is 0 Å². The number of nitrogens with zero attached hydrogens (tertiary/aromatic N) is 1. The molecule has 1 amide bonds. The van der Waals surface area contributed by atoms with Crippen molar-refractivity contribution < 1.29 is 9.18 Å². The lowest BCUT2D eigenvalue weighted by molar-refractivity contribution is -0.116. The highest BCUT2D eigenvalue weighted by molar-refractivity contribution is 6.02. The third-order valence-electron chi connectivity index (χ3n) is 2.13. The topological polar surface area (TPSA) is 32.3 Å². The molecule has 0 bridgehead atoms. The van der Waals surface area contributed by atoms with E-state index >= 15 is 0 Å². The molecule has 0 atom stereocenters. The molecule has 1 aliphatic heterocycles. The summed E-state index contributed by atoms with van der Waals surface area (Å²) in [4.78, 5) is 12.5. The van der Waals surface area contributed by atoms with E-state index in [0.29, 0.717) is 11.4 Å². The van der Waals surface area contributed by atoms with Crippen molar-refractivity contribution in [1.82, 2.24) is 0 Å². The van der Waals surface area contributed by atoms with Gasteiger partial charge in [-0.3, -0.25) is 4.79 Å². The molecule has 0 saturated carbocycles. The molecule has 0 fully saturated rings. The highest BCUT2D eigenvalue weighted by Crippen LogP contribution is 2.30. The van der Waals surface area contributed by atoms with E-state index in [1.807, 2.05) is 0 Å². The van der Waals surface area contributed by atoms with E-state index in [1.165, 1.54) is 11.0 Å². The summed E-state index contributed by atoms with van der Waals surface area (Å²) in [5.74, 6) is -0.502. The number of hydrogen-bond acceptors (Lipinski definition) is 2. The van der Waals surface area contributed by atoms with Gasteiger partial charge in [-0.25, -0.2) is 4.39 Å². The maximum absolute atomic E-state index is 13.3. The van der Waals surface area contributed by atoms with E-state index in [4.69, 9.17) is 0 Å². The molecular formula is C9H9FN2O. The molecule has 1 aliphatic rings. The fourth-order valence-electron chi connectivity index (χ4n) is 1.41. The first-order valence-electron chi connectivity index (χ1n) is 3.99. The molecule has 13 heavy (non-hydrogen) atoms. The number of carbonyl (C=O) groups excluding carboxylic acids is 1. The molecule has 2 rings (SSSR count). The average molecular weight is 180 g/mol. The van der Waals surface area contributed by atoms with Crippen LogP contribution in [0.4, 0.5) is 15.8 Å². The number of fused-ring (bicyclic) bond motifs is 1. The molecule has 0 spiro atoms. The van der Waals surface area contributed by atoms with Crippen molar-refractivity contribution in [2.75, 3.05) is 23.8 Å². The summed E-state index contributed by atoms with van der Waals surface area (Å²) in [6, 6.07) is 4.71. The number of benzene rings is 1. The van der Waals surface area contributed by atoms with Crippen LogP contribution in [0.25, 0.3) is 0 Å². The molecule has 1 aromatic carbocycles. The average Bonchev–Trinajstić information content (AvgIpc) is 2.12. The fourth-order valence-corrected chi connectivity index (χ4v) is 1.41. The second-order valence-corrected chi connectivity index (χ2v) is 2.94. The van der Waals surface area contributed by atoms with Crippen molar-refractivity contribution in [1.29, 1.82) is 0 Å². The van der Waals surface area contributed by atoms with Gasteiger partial charge in [-0.05, 0) is 12.1 Å². The van der Waals surface area contributed by atoms with Gasteiger partial charge in [-0.15, -0.1) is 0 Å². The number of nitrogens with one attached hydrogen (secondary N) is 1. The predicted octanol–water partition coefficient (Wildman–Crippen LogP) is 1.21. The van der Waals surface area contributed by atoms with Gasteiger partial charge in [-0.2, -0.15) is 0 Å². The fraction of sp³-hybridized carbons (Fsp3) is 0.222. The van der Waals surface area contributed by atoms with E-state index in [0.717, 1.165) is 0 Å². The minimum atomic E-state index is -0.374. The first-order valence-corrected chi connectivity index (χ1v) is 3.99. The Balaban J connectivity index is 2.57. The molecule has 4 heteroatoms. The number of amides is 1. The molecule has 1 heterocycles. The number of rotatable bonds is 0. The lowest BCUT2D eigenvalue weighted by atomic mass is 10.2. The molecule has 0 saturated heterocycles. The Morgan fingerprint density at radius 1 is 1.54 bits per heavy atom. The van der Waals surface area contributed by atoms with Gasteiger partial charge in [0.05, 0.1) is 12.2 Å². The number of halogens is 1. The Bertz CT molecular complexity index is 365. The Morgan fingerprint density at radius 2 is 2.31 bits per heavy atom. The van der Waals surface area contributed by atoms with Crippen LogP contribution in [0.5, 0.6) is 0 Å². The van der Waals surface area contributed by atoms with Crippen LogP contribution >= 0.6 is 0 Å². The van der Waals surface area contributed by atoms with E-state index in [2.05, 4.69) is 5.32 Å². The molecule has 0 aromatic heterocycles. The zero-order valence-electron chi connectivity index (χ0n) is 7.17. The van der Waals surface area contributed by atoms with Crippen LogP contribution in [-0.2, 0) is 4.79 Å². The summed E-state index contributed by atoms with van der Waals surface area (Å²) in [5.41, 5.74) is 1.00. The van der Waals surface area contributed by atoms with Crippen molar-refractivity contribution in [3.05, 3.63) is 24.0 Å². The highest BCUT2D eigenvalue weighted by Gasteiger charge is 2.22. The standard InChI is InChI=1S/C9H9FN2O/c1-12-8(13)5-11-7-4-2-3-6(10)9(7)12/h2-4,11H,5H2,1H3. The second-order valence-electron chi connectivity index (χ2n) is 2.94. The molecule has 1 aromatic rings. The summed E-state index contributed by atoms with van der Waals surface area (Å²) in [6.45, 7) is 0.229. The summed E-state index contributed by atoms with van der Waals surface area (Å²) >= 11 is 0. The molecule has 1 N–H and O–H groups in total. The number of anilines is 2. The van der Waals surface area contributed by atoms with Crippen LogP contribution in [0.2, 0.25) is 0 Å². The first kappa shape index (κ1) is 8.04. The van der Waals surface area contributed by atoms with Gasteiger partial charge in [-0.1, -0.05) is 6.07 Å². The van der Waals surface area contributed by atoms with Gasteiger partial charge in [0.1, 0.15) is 11.5 Å². The quantitative estimate of drug-likeness (QED) is 0.651. The van der Waals surface area contributed by atoms with Crippen LogP contribution < -0.4 is 10.2 Å². The van der Waals surface area contributed by atoms with Crippen molar-refractivity contribution in [3.8, 4) is 0 Å². The Morgan fingerprint density at radius 3 is 3.08 bits per heavy atom. The van der Waals surface area contributed by atoms with Crippen LogP contribution in [0.3, 0.4) is 0 Å². The van der Waals surface area contributed by atoms with Gasteiger partial charge < -0.3 is 10.2 Å². The number of para-hydroxylation sites is 1. The Kier molecular flexibility index (Phi) is 1.69. The number of likely N-dealkylation sites (N-methyl/N-ethyl adjacent to an activating group) is 1. The maximum Gasteiger partial charge on any atom is 0.246 e. The van der Waals surface area contributed by atoms with E-state index in [9.17, 15) is 9.18 Å². The number of hydrogen-bond donors (Lipinski definition) is 1. The van der Waals surface area contributed by atoms with Crippen molar-refractivity contribution in [2.45, 2.75) is 0 Å². The van der Waals surface area contributed by atoms with Crippen LogP contribution in [-0.4, -0.2) is 19.5 Å². The third kappa shape index (κ3) is 1.14. The van der Waals surface area contributed by atoms with Gasteiger partial charge >= 0.3 is 0 Å². The summed E-state index contributed by atoms with van der Waals surface area (Å²) in [7, 11) is 1.57. The van der Waals surface area contributed by atoms with E-state index in [-0.39, 0.29) is 18.3 Å². The lowest BCUT2D eigenvalue weighted by Crippen LogP contribution is -2.37. The minimum absolute atomic E-state index is 0.127. The zero-order valence-corrected chi connectivity index (χ0v) is 7.17. The Labute approximate surface area is 75.2 Å². The summed E-state index contributed by atoms with van der Waals surface area (Å²) in [5, 5.41) is 2.85. The van der Waals surface area contributed by atoms with E-state index < -0.39 is 0 Å². The van der Waals surface area contributed by atoms with Gasteiger partial charge in [0, 0.05) is 7.05 Å². The predicted molar refractivity (Wildman–Crippen MR) is 48.3 cm³/mol. The molecule has 0 radical (unpaired) electrons. The Hall–Kier alpha value is -1.58. The maximum atomic E-state index is 13.3. The van der Waals surface area contributed by atoms with Gasteiger partial charge in [0.15, 0.2) is 0 Å². The molecule has 0 aliphatic carbocycles. The minimum Gasteiger partial charge on any atom is -0.374 e. The lowest BCUT2D eigenvalue weighted by Gasteiger charge is -2.26. The van der Waals surface area contributed by atoms with Crippen LogP contribution in [0.1, 0.15) is 0 Å². The SMILES string of the molecule is CN1C(=O)CNc2cccc(F)c21. The van der Waals surface area contributed by atoms with Gasteiger partial charge in [0.2, 0.25) is 5.91 Å². The van der Waals surface area contributed by atoms with Crippen molar-refractivity contribution >= 4 is 17.3 Å². The second kappa shape index (κ2) is 2.73. The van der Waals surface area contributed by atoms with Crippen LogP contribution in [0.15, 0.2) is 18.2 Å². The summed E-state index contributed by atoms with van der Waals surface area (Å²) < 4.78 is 13.3. The van der Waals surface area contributed by atoms with Crippen molar-refractivity contribution in [3.63, 3.8) is 0 Å². The molecule has 68 valence electrons. The third-order valence-corrected chi connectivity index (χ3v) is 2.13. The normalized spacial score (nSPS) is 15.2. The molecule has 0 unspecified atom stereocenters. The first-order chi connectivity index (χ1) is 6.20. The molecular weight excluding hydrogens is 171 g/mol. The van der Waals surface area contributed by atoms with E-state index in [1.54, 1.807) is 19.2 Å². The summed E-state index contributed by atoms with van der Waals surface area (Å²) in [6.07, 6.45) is 0.